The van der Waals surface area contributed by atoms with Crippen LogP contribution in [0, 0.1) is 0 Å². The minimum Gasteiger partial charge on any atom is -0.461 e. The third kappa shape index (κ3) is 6.42. The Hall–Kier alpha value is -1.86. The third-order valence-electron chi connectivity index (χ3n) is 6.07. The van der Waals surface area contributed by atoms with Gasteiger partial charge in [-0.05, 0) is 45.6 Å². The van der Waals surface area contributed by atoms with Crippen LogP contribution >= 0.6 is 7.75 Å². The predicted octanol–water partition coefficient (Wildman–Crippen LogP) is 0.196. The smallest absolute Gasteiger partial charge is 0.403 e. The fourth-order valence-corrected chi connectivity index (χ4v) is 5.14. The van der Waals surface area contributed by atoms with Crippen LogP contribution in [0.3, 0.4) is 0 Å². The number of carbonyl (C=O) groups excluding carboxylic acids is 1. The zero-order chi connectivity index (χ0) is 25.1. The fourth-order valence-electron chi connectivity index (χ4n) is 4.12. The van der Waals surface area contributed by atoms with Crippen molar-refractivity contribution >= 4 is 19.5 Å². The first-order valence-electron chi connectivity index (χ1n) is 11.3. The van der Waals surface area contributed by atoms with E-state index in [1.54, 1.807) is 0 Å². The molecule has 0 amide bonds. The van der Waals surface area contributed by atoms with Crippen molar-refractivity contribution in [2.75, 3.05) is 12.3 Å². The number of nitrogens with zero attached hydrogens (tertiary/aromatic N) is 2. The topological polar surface area (TPSA) is 195 Å². The molecule has 0 bridgehead atoms. The van der Waals surface area contributed by atoms with Gasteiger partial charge in [0.15, 0.2) is 6.23 Å². The van der Waals surface area contributed by atoms with Gasteiger partial charge in [-0.2, -0.15) is 4.98 Å². The van der Waals surface area contributed by atoms with E-state index < -0.39 is 56.1 Å². The molecule has 6 N–H and O–H groups in total. The van der Waals surface area contributed by atoms with Crippen molar-refractivity contribution in [3.05, 3.63) is 22.7 Å². The van der Waals surface area contributed by atoms with Crippen LogP contribution in [-0.4, -0.2) is 67.2 Å². The summed E-state index contributed by atoms with van der Waals surface area (Å²) in [6, 6.07) is 0.196. The number of nitrogens with two attached hydrogens (primary N) is 1. The van der Waals surface area contributed by atoms with Gasteiger partial charge in [-0.3, -0.25) is 13.9 Å². The molecule has 2 aliphatic rings. The number of rotatable bonds is 8. The minimum atomic E-state index is -4.51. The van der Waals surface area contributed by atoms with Crippen LogP contribution in [0.5, 0.6) is 0 Å². The first kappa shape index (κ1) is 26.7. The van der Waals surface area contributed by atoms with E-state index in [4.69, 9.17) is 19.7 Å². The normalized spacial score (nSPS) is 30.9. The van der Waals surface area contributed by atoms with Crippen molar-refractivity contribution in [1.29, 1.82) is 0 Å². The minimum absolute atomic E-state index is 0.0293. The van der Waals surface area contributed by atoms with Crippen LogP contribution in [0.25, 0.3) is 0 Å². The Kier molecular flexibility index (Phi) is 8.51. The molecule has 192 valence electrons. The number of ether oxygens (including phenoxy) is 2. The molecule has 2 unspecified atom stereocenters. The Morgan fingerprint density at radius 2 is 2.06 bits per heavy atom. The summed E-state index contributed by atoms with van der Waals surface area (Å²) >= 11 is 0. The van der Waals surface area contributed by atoms with E-state index in [1.165, 1.54) is 26.1 Å². The second kappa shape index (κ2) is 10.8. The number of hydrogen-bond acceptors (Lipinski definition) is 10. The zero-order valence-corrected chi connectivity index (χ0v) is 20.1. The van der Waals surface area contributed by atoms with Crippen LogP contribution in [0.2, 0.25) is 0 Å². The largest absolute Gasteiger partial charge is 0.461 e. The summed E-state index contributed by atoms with van der Waals surface area (Å²) in [5, 5.41) is 23.4. The lowest BCUT2D eigenvalue weighted by atomic mass is 9.96. The maximum Gasteiger partial charge on any atom is 0.403 e. The number of esters is 1. The van der Waals surface area contributed by atoms with Crippen molar-refractivity contribution in [3.8, 4) is 0 Å². The highest BCUT2D eigenvalue weighted by molar-refractivity contribution is 7.50. The van der Waals surface area contributed by atoms with E-state index in [9.17, 15) is 29.3 Å². The summed E-state index contributed by atoms with van der Waals surface area (Å²) in [6.07, 6.45) is 2.48. The average molecular weight is 504 g/mol. The molecule has 2 fully saturated rings. The van der Waals surface area contributed by atoms with Gasteiger partial charge < -0.3 is 30.3 Å². The highest BCUT2D eigenvalue weighted by atomic mass is 31.2. The molecular formula is C20H33N4O9P. The Bertz CT molecular complexity index is 964. The number of aliphatic hydroxyl groups excluding tert-OH is 1. The summed E-state index contributed by atoms with van der Waals surface area (Å²) in [7, 11) is -4.51. The van der Waals surface area contributed by atoms with Gasteiger partial charge in [0.25, 0.3) is 0 Å². The van der Waals surface area contributed by atoms with Crippen molar-refractivity contribution in [2.45, 2.75) is 88.6 Å². The van der Waals surface area contributed by atoms with Crippen molar-refractivity contribution in [1.82, 2.24) is 14.6 Å². The molecule has 14 heteroatoms. The maximum absolute atomic E-state index is 12.5. The molecule has 0 radical (unpaired) electrons. The Morgan fingerprint density at radius 1 is 1.41 bits per heavy atom. The number of aromatic nitrogens is 2. The van der Waals surface area contributed by atoms with E-state index in [2.05, 4.69) is 10.1 Å². The van der Waals surface area contributed by atoms with Gasteiger partial charge in [0.05, 0.1) is 6.61 Å². The van der Waals surface area contributed by atoms with E-state index in [0.717, 1.165) is 43.1 Å². The second-order valence-electron chi connectivity index (χ2n) is 8.96. The lowest BCUT2D eigenvalue weighted by Crippen LogP contribution is -2.46. The van der Waals surface area contributed by atoms with E-state index in [-0.39, 0.29) is 11.9 Å². The monoisotopic (exact) mass is 504 g/mol. The van der Waals surface area contributed by atoms with Gasteiger partial charge in [-0.15, -0.1) is 0 Å². The molecule has 6 atom stereocenters. The van der Waals surface area contributed by atoms with Crippen molar-refractivity contribution in [3.63, 3.8) is 0 Å². The van der Waals surface area contributed by atoms with E-state index in [1.807, 2.05) is 0 Å². The van der Waals surface area contributed by atoms with Crippen LogP contribution in [0.4, 0.5) is 5.82 Å². The number of nitrogens with one attached hydrogen (secondary N) is 1. The number of hydrogen-bond donors (Lipinski definition) is 5. The van der Waals surface area contributed by atoms with E-state index in [0.29, 0.717) is 0 Å². The first-order valence-corrected chi connectivity index (χ1v) is 12.8. The molecule has 3 rings (SSSR count). The van der Waals surface area contributed by atoms with Gasteiger partial charge in [0.2, 0.25) is 0 Å². The molecule has 13 nitrogen and oxygen atoms in total. The van der Waals surface area contributed by atoms with Gasteiger partial charge in [0.1, 0.15) is 35.8 Å². The second-order valence-corrected chi connectivity index (χ2v) is 10.5. The molecule has 1 aliphatic heterocycles. The van der Waals surface area contributed by atoms with Crippen molar-refractivity contribution < 1.29 is 38.5 Å². The quantitative estimate of drug-likeness (QED) is 0.183. The molecule has 1 aliphatic carbocycles. The fraction of sp³-hybridized carbons (Fsp3) is 0.750. The van der Waals surface area contributed by atoms with Gasteiger partial charge >= 0.3 is 19.4 Å². The summed E-state index contributed by atoms with van der Waals surface area (Å²) < 4.78 is 29.5. The molecule has 34 heavy (non-hydrogen) atoms. The lowest BCUT2D eigenvalue weighted by molar-refractivity contribution is -0.151. The molecular weight excluding hydrogens is 471 g/mol. The van der Waals surface area contributed by atoms with Gasteiger partial charge in [-0.1, -0.05) is 12.8 Å². The number of aliphatic hydroxyl groups is 2. The average Bonchev–Trinajstić information content (AvgIpc) is 2.92. The molecule has 1 saturated carbocycles. The predicted molar refractivity (Wildman–Crippen MR) is 119 cm³/mol. The summed E-state index contributed by atoms with van der Waals surface area (Å²) in [5.41, 5.74) is 2.71. The van der Waals surface area contributed by atoms with E-state index >= 15 is 0 Å². The highest BCUT2D eigenvalue weighted by Gasteiger charge is 2.54. The third-order valence-corrected chi connectivity index (χ3v) is 7.28. The van der Waals surface area contributed by atoms with Crippen LogP contribution < -0.4 is 16.5 Å². The number of anilines is 1. The molecule has 0 aromatic carbocycles. The number of nitrogen functional groups attached to an aromatic ring is 1. The van der Waals surface area contributed by atoms with Crippen LogP contribution in [0.15, 0.2) is 17.1 Å². The SMILES string of the molecule is C[C@H](NP(=O)(O)OC[C@H]1OC(n2ccc(N)nc2=O)[C@](C)(O)[C@@H]1O)C(=O)OC1CCCCCC1. The highest BCUT2D eigenvalue weighted by Crippen LogP contribution is 2.42. The standard InChI is InChI=1S/C20H33N4O9P/c1-12(17(26)32-13-7-5-3-4-6-8-13)23-34(29,30)31-11-14-16(25)20(2,28)18(33-14)24-10-9-15(21)22-19(24)27/h9-10,12-14,16,18,25,28H,3-8,11H2,1-2H3,(H2,21,22,27)(H2,23,29,30)/t12-,14+,16+,18?,20+/m0/s1. The van der Waals surface area contributed by atoms with Gasteiger partial charge in [-0.25, -0.2) is 14.4 Å². The van der Waals surface area contributed by atoms with Gasteiger partial charge in [0, 0.05) is 6.20 Å². The van der Waals surface area contributed by atoms with Crippen LogP contribution in [-0.2, 0) is 23.4 Å². The maximum atomic E-state index is 12.5. The Balaban J connectivity index is 1.57. The lowest BCUT2D eigenvalue weighted by Gasteiger charge is -2.27. The molecule has 1 saturated heterocycles. The van der Waals surface area contributed by atoms with Crippen molar-refractivity contribution in [2.24, 2.45) is 0 Å². The Morgan fingerprint density at radius 3 is 2.68 bits per heavy atom. The van der Waals surface area contributed by atoms with Crippen LogP contribution in [0.1, 0.15) is 58.6 Å². The zero-order valence-electron chi connectivity index (χ0n) is 19.2. The molecule has 1 aromatic rings. The number of carbonyl (C=O) groups is 1. The first-order chi connectivity index (χ1) is 15.9. The Labute approximate surface area is 196 Å². The molecule has 0 spiro atoms. The molecule has 2 heterocycles. The summed E-state index contributed by atoms with van der Waals surface area (Å²) in [4.78, 5) is 38.2. The summed E-state index contributed by atoms with van der Waals surface area (Å²) in [5.74, 6) is -0.696. The summed E-state index contributed by atoms with van der Waals surface area (Å²) in [6.45, 7) is 2.01. The molecule has 1 aromatic heterocycles.